The molecule has 0 amide bonds. The Bertz CT molecular complexity index is 296. The van der Waals surface area contributed by atoms with E-state index in [1.54, 1.807) is 30.0 Å². The van der Waals surface area contributed by atoms with Crippen molar-refractivity contribution in [3.05, 3.63) is 11.1 Å². The van der Waals surface area contributed by atoms with Crippen LogP contribution in [0.2, 0.25) is 0 Å². The smallest absolute Gasteiger partial charge is 0.150 e. The summed E-state index contributed by atoms with van der Waals surface area (Å²) in [5, 5.41) is 2.07. The van der Waals surface area contributed by atoms with Crippen molar-refractivity contribution in [2.75, 3.05) is 5.75 Å². The molecule has 0 bridgehead atoms. The van der Waals surface area contributed by atoms with E-state index in [9.17, 15) is 4.79 Å². The summed E-state index contributed by atoms with van der Waals surface area (Å²) in [6.45, 7) is 3.66. The van der Waals surface area contributed by atoms with E-state index in [-0.39, 0.29) is 0 Å². The van der Waals surface area contributed by atoms with Gasteiger partial charge >= 0.3 is 0 Å². The van der Waals surface area contributed by atoms with E-state index < -0.39 is 0 Å². The highest BCUT2D eigenvalue weighted by atomic mass is 32.2. The maximum absolute atomic E-state index is 10.7. The Balaban J connectivity index is 2.07. The molecule has 0 radical (unpaired) electrons. The third-order valence-electron chi connectivity index (χ3n) is 1.75. The lowest BCUT2D eigenvalue weighted by molar-refractivity contribution is -0.117. The summed E-state index contributed by atoms with van der Waals surface area (Å²) in [6.07, 6.45) is 2.83. The van der Waals surface area contributed by atoms with Gasteiger partial charge in [-0.2, -0.15) is 0 Å². The minimum atomic E-state index is 0.292. The van der Waals surface area contributed by atoms with Crippen LogP contribution in [0.3, 0.4) is 0 Å². The second-order valence-corrected chi connectivity index (χ2v) is 5.46. The van der Waals surface area contributed by atoms with E-state index in [0.717, 1.165) is 35.0 Å². The van der Waals surface area contributed by atoms with Crippen LogP contribution in [0.5, 0.6) is 0 Å². The molecule has 0 aliphatic carbocycles. The summed E-state index contributed by atoms with van der Waals surface area (Å²) in [5.74, 6) is 1.36. The lowest BCUT2D eigenvalue weighted by Crippen LogP contribution is -1.90. The average molecular weight is 229 g/mol. The number of ketones is 1. The fourth-order valence-electron chi connectivity index (χ4n) is 1.03. The Hall–Kier alpha value is -0.350. The van der Waals surface area contributed by atoms with Crippen LogP contribution in [0.25, 0.3) is 0 Å². The zero-order chi connectivity index (χ0) is 10.4. The zero-order valence-electron chi connectivity index (χ0n) is 8.58. The number of Topliss-reactive ketones (excluding diaryl/α,β-unsaturated/α-hetero) is 1. The minimum absolute atomic E-state index is 0.292. The molecular weight excluding hydrogens is 214 g/mol. The van der Waals surface area contributed by atoms with Crippen molar-refractivity contribution in [2.45, 2.75) is 37.4 Å². The lowest BCUT2D eigenvalue weighted by atomic mass is 10.2. The molecule has 0 spiro atoms. The number of hydrogen-bond acceptors (Lipinski definition) is 4. The van der Waals surface area contributed by atoms with Crippen molar-refractivity contribution in [2.24, 2.45) is 0 Å². The zero-order valence-corrected chi connectivity index (χ0v) is 10.2. The quantitative estimate of drug-likeness (QED) is 0.554. The number of unbranched alkanes of at least 4 members (excludes halogenated alkanes) is 1. The Kier molecular flexibility index (Phi) is 5.19. The second kappa shape index (κ2) is 6.19. The molecular formula is C10H15NOS2. The Morgan fingerprint density at radius 2 is 2.36 bits per heavy atom. The summed E-state index contributed by atoms with van der Waals surface area (Å²) in [4.78, 5) is 15.0. The van der Waals surface area contributed by atoms with Crippen molar-refractivity contribution >= 4 is 28.9 Å². The van der Waals surface area contributed by atoms with Crippen LogP contribution in [-0.4, -0.2) is 16.5 Å². The molecule has 78 valence electrons. The van der Waals surface area contributed by atoms with Crippen LogP contribution < -0.4 is 0 Å². The minimum Gasteiger partial charge on any atom is -0.300 e. The molecule has 0 fully saturated rings. The van der Waals surface area contributed by atoms with Crippen LogP contribution >= 0.6 is 23.1 Å². The first-order valence-electron chi connectivity index (χ1n) is 4.73. The van der Waals surface area contributed by atoms with Crippen LogP contribution in [-0.2, 0) is 4.79 Å². The van der Waals surface area contributed by atoms with Gasteiger partial charge < -0.3 is 4.79 Å². The fraction of sp³-hybridized carbons (Fsp3) is 0.600. The molecule has 0 atom stereocenters. The van der Waals surface area contributed by atoms with Gasteiger partial charge in [0.15, 0.2) is 0 Å². The summed E-state index contributed by atoms with van der Waals surface area (Å²) in [7, 11) is 0. The van der Waals surface area contributed by atoms with Gasteiger partial charge in [-0.3, -0.25) is 0 Å². The highest BCUT2D eigenvalue weighted by Gasteiger charge is 1.99. The van der Waals surface area contributed by atoms with E-state index >= 15 is 0 Å². The topological polar surface area (TPSA) is 30.0 Å². The molecule has 2 nitrogen and oxygen atoms in total. The van der Waals surface area contributed by atoms with Crippen molar-refractivity contribution < 1.29 is 4.79 Å². The molecule has 0 unspecified atom stereocenters. The van der Waals surface area contributed by atoms with E-state index in [1.807, 2.05) is 6.92 Å². The van der Waals surface area contributed by atoms with Crippen molar-refractivity contribution in [1.82, 2.24) is 4.98 Å². The predicted octanol–water partition coefficient (Wildman–Crippen LogP) is 3.30. The lowest BCUT2D eigenvalue weighted by Gasteiger charge is -1.96. The first kappa shape index (κ1) is 11.7. The van der Waals surface area contributed by atoms with E-state index in [2.05, 4.69) is 10.4 Å². The van der Waals surface area contributed by atoms with Gasteiger partial charge in [-0.25, -0.2) is 4.98 Å². The molecule has 1 rings (SSSR count). The molecule has 0 saturated heterocycles. The second-order valence-electron chi connectivity index (χ2n) is 3.26. The Morgan fingerprint density at radius 3 is 2.93 bits per heavy atom. The SMILES string of the molecule is CC(=O)CCCCSc1nc(C)cs1. The molecule has 14 heavy (non-hydrogen) atoms. The van der Waals surface area contributed by atoms with Gasteiger partial charge in [0.2, 0.25) is 0 Å². The Morgan fingerprint density at radius 1 is 1.57 bits per heavy atom. The molecule has 0 aliphatic heterocycles. The normalized spacial score (nSPS) is 10.4. The van der Waals surface area contributed by atoms with Gasteiger partial charge in [-0.15, -0.1) is 11.3 Å². The first-order chi connectivity index (χ1) is 6.68. The van der Waals surface area contributed by atoms with Crippen molar-refractivity contribution in [3.63, 3.8) is 0 Å². The van der Waals surface area contributed by atoms with E-state index in [1.165, 1.54) is 0 Å². The highest BCUT2D eigenvalue weighted by Crippen LogP contribution is 2.23. The van der Waals surface area contributed by atoms with Gasteiger partial charge in [0.05, 0.1) is 0 Å². The van der Waals surface area contributed by atoms with Crippen LogP contribution in [0.1, 0.15) is 31.9 Å². The molecule has 0 N–H and O–H groups in total. The summed E-state index contributed by atoms with van der Waals surface area (Å²) in [5.41, 5.74) is 1.10. The molecule has 0 saturated carbocycles. The first-order valence-corrected chi connectivity index (χ1v) is 6.59. The van der Waals surface area contributed by atoms with Gasteiger partial charge in [0.25, 0.3) is 0 Å². The van der Waals surface area contributed by atoms with E-state index in [0.29, 0.717) is 5.78 Å². The number of hydrogen-bond donors (Lipinski definition) is 0. The maximum atomic E-state index is 10.7. The van der Waals surface area contributed by atoms with Crippen molar-refractivity contribution in [1.29, 1.82) is 0 Å². The number of thiazole rings is 1. The Labute approximate surface area is 93.1 Å². The van der Waals surface area contributed by atoms with Crippen LogP contribution in [0, 0.1) is 6.92 Å². The molecule has 1 aromatic rings. The number of thioether (sulfide) groups is 1. The molecule has 0 aromatic carbocycles. The number of rotatable bonds is 6. The third-order valence-corrected chi connectivity index (χ3v) is 3.97. The number of carbonyl (C=O) groups excluding carboxylic acids is 1. The van der Waals surface area contributed by atoms with Gasteiger partial charge in [-0.05, 0) is 26.7 Å². The number of aromatic nitrogens is 1. The average Bonchev–Trinajstić information content (AvgIpc) is 2.50. The van der Waals surface area contributed by atoms with Gasteiger partial charge in [0, 0.05) is 23.2 Å². The largest absolute Gasteiger partial charge is 0.300 e. The molecule has 1 heterocycles. The molecule has 4 heteroatoms. The van der Waals surface area contributed by atoms with Gasteiger partial charge in [0.1, 0.15) is 10.1 Å². The maximum Gasteiger partial charge on any atom is 0.150 e. The monoisotopic (exact) mass is 229 g/mol. The number of carbonyl (C=O) groups is 1. The standard InChI is InChI=1S/C10H15NOS2/c1-8-7-14-10(11-8)13-6-4-3-5-9(2)12/h7H,3-6H2,1-2H3. The number of aryl methyl sites for hydroxylation is 1. The number of nitrogens with zero attached hydrogens (tertiary/aromatic N) is 1. The summed E-state index contributed by atoms with van der Waals surface area (Å²) in [6, 6.07) is 0. The summed E-state index contributed by atoms with van der Waals surface area (Å²) >= 11 is 3.49. The fourth-order valence-corrected chi connectivity index (χ4v) is 2.95. The third kappa shape index (κ3) is 4.77. The van der Waals surface area contributed by atoms with E-state index in [4.69, 9.17) is 0 Å². The predicted molar refractivity (Wildman–Crippen MR) is 62.1 cm³/mol. The summed E-state index contributed by atoms with van der Waals surface area (Å²) < 4.78 is 1.14. The van der Waals surface area contributed by atoms with Crippen LogP contribution in [0.4, 0.5) is 0 Å². The van der Waals surface area contributed by atoms with Gasteiger partial charge in [-0.1, -0.05) is 11.8 Å². The molecule has 0 aliphatic rings. The molecule has 1 aromatic heterocycles. The highest BCUT2D eigenvalue weighted by molar-refractivity contribution is 8.00. The van der Waals surface area contributed by atoms with Crippen molar-refractivity contribution in [3.8, 4) is 0 Å². The van der Waals surface area contributed by atoms with Crippen LogP contribution in [0.15, 0.2) is 9.72 Å².